The highest BCUT2D eigenvalue weighted by Crippen LogP contribution is 2.40. The van der Waals surface area contributed by atoms with Gasteiger partial charge in [0.15, 0.2) is 10.9 Å². The van der Waals surface area contributed by atoms with E-state index in [1.54, 1.807) is 12.1 Å². The molecule has 10 heteroatoms. The summed E-state index contributed by atoms with van der Waals surface area (Å²) in [5, 5.41) is 1.79. The molecule has 1 aliphatic carbocycles. The fourth-order valence-electron chi connectivity index (χ4n) is 4.71. The van der Waals surface area contributed by atoms with Gasteiger partial charge in [-0.15, -0.1) is 0 Å². The van der Waals surface area contributed by atoms with Crippen molar-refractivity contribution in [3.05, 3.63) is 40.5 Å². The second kappa shape index (κ2) is 8.11. The molecule has 0 spiro atoms. The van der Waals surface area contributed by atoms with Crippen LogP contribution in [0.3, 0.4) is 0 Å². The van der Waals surface area contributed by atoms with E-state index in [0.717, 1.165) is 44.8 Å². The van der Waals surface area contributed by atoms with E-state index >= 15 is 0 Å². The van der Waals surface area contributed by atoms with Crippen LogP contribution in [0.2, 0.25) is 0 Å². The third-order valence-electron chi connectivity index (χ3n) is 6.14. The molecule has 176 valence electrons. The fraction of sp³-hybridized carbons (Fsp3) is 0.478. The van der Waals surface area contributed by atoms with Crippen molar-refractivity contribution in [3.63, 3.8) is 0 Å². The number of carbonyl (C=O) groups is 1. The van der Waals surface area contributed by atoms with E-state index in [-0.39, 0.29) is 23.0 Å². The monoisotopic (exact) mass is 489 g/mol. The van der Waals surface area contributed by atoms with Crippen molar-refractivity contribution in [3.8, 4) is 5.75 Å². The standard InChI is InChI=1S/C23H27N3O5S2/c1-23(2)10-19-21(20(27)11-23)32-22(25-19)26-6-7-30-13-15(26)8-14-12-24-18-5-4-16(9-17(14)18)31-33(3,28)29/h4-5,9,12,15,24H,6-8,10-11,13H2,1-3H3/t15-/m0/s1. The third kappa shape index (κ3) is 4.64. The number of aromatic amines is 1. The maximum absolute atomic E-state index is 12.7. The van der Waals surface area contributed by atoms with Crippen LogP contribution in [0.1, 0.15) is 41.2 Å². The number of aromatic nitrogens is 2. The minimum Gasteiger partial charge on any atom is -0.383 e. The number of hydrogen-bond donors (Lipinski definition) is 1. The van der Waals surface area contributed by atoms with Gasteiger partial charge in [0.2, 0.25) is 0 Å². The number of nitrogens with one attached hydrogen (secondary N) is 1. The molecule has 1 N–H and O–H groups in total. The maximum Gasteiger partial charge on any atom is 0.306 e. The Hall–Kier alpha value is -2.43. The average molecular weight is 490 g/mol. The number of hydrogen-bond acceptors (Lipinski definition) is 8. The molecule has 3 aromatic rings. The van der Waals surface area contributed by atoms with Crippen molar-refractivity contribution in [2.45, 2.75) is 39.2 Å². The molecule has 1 saturated heterocycles. The number of benzene rings is 1. The Morgan fingerprint density at radius 3 is 2.94 bits per heavy atom. The number of rotatable bonds is 5. The molecule has 1 fully saturated rings. The summed E-state index contributed by atoms with van der Waals surface area (Å²) in [5.41, 5.74) is 2.81. The molecule has 8 nitrogen and oxygen atoms in total. The predicted molar refractivity (Wildman–Crippen MR) is 128 cm³/mol. The van der Waals surface area contributed by atoms with E-state index in [1.165, 1.54) is 11.3 Å². The number of ketones is 1. The van der Waals surface area contributed by atoms with Gasteiger partial charge < -0.3 is 18.8 Å². The van der Waals surface area contributed by atoms with Gasteiger partial charge in [0.1, 0.15) is 5.75 Å². The van der Waals surface area contributed by atoms with E-state index in [2.05, 4.69) is 23.7 Å². The Kier molecular flexibility index (Phi) is 5.49. The summed E-state index contributed by atoms with van der Waals surface area (Å²) in [4.78, 5) is 23.9. The van der Waals surface area contributed by atoms with Gasteiger partial charge in [0.25, 0.3) is 0 Å². The summed E-state index contributed by atoms with van der Waals surface area (Å²) < 4.78 is 33.9. The Morgan fingerprint density at radius 2 is 2.15 bits per heavy atom. The first kappa shape index (κ1) is 22.4. The first-order chi connectivity index (χ1) is 15.6. The normalized spacial score (nSPS) is 20.8. The van der Waals surface area contributed by atoms with Crippen LogP contribution in [0.25, 0.3) is 10.9 Å². The Labute approximate surface area is 197 Å². The van der Waals surface area contributed by atoms with Gasteiger partial charge in [-0.2, -0.15) is 8.42 Å². The van der Waals surface area contributed by atoms with Gasteiger partial charge in [0, 0.05) is 30.1 Å². The second-order valence-corrected chi connectivity index (χ2v) is 12.2. The minimum atomic E-state index is -3.60. The van der Waals surface area contributed by atoms with Gasteiger partial charge in [-0.1, -0.05) is 25.2 Å². The van der Waals surface area contributed by atoms with Crippen molar-refractivity contribution >= 4 is 43.3 Å². The molecule has 5 rings (SSSR count). The number of ether oxygens (including phenoxy) is 1. The number of nitrogens with zero attached hydrogens (tertiary/aromatic N) is 2. The summed E-state index contributed by atoms with van der Waals surface area (Å²) in [5.74, 6) is 0.473. The number of H-pyrrole nitrogens is 1. The zero-order chi connectivity index (χ0) is 23.4. The van der Waals surface area contributed by atoms with Gasteiger partial charge in [-0.05, 0) is 42.0 Å². The van der Waals surface area contributed by atoms with E-state index in [4.69, 9.17) is 13.9 Å². The summed E-state index contributed by atoms with van der Waals surface area (Å²) in [6.07, 6.45) is 5.03. The maximum atomic E-state index is 12.7. The van der Waals surface area contributed by atoms with Crippen molar-refractivity contribution in [2.24, 2.45) is 5.41 Å². The summed E-state index contributed by atoms with van der Waals surface area (Å²) in [7, 11) is -3.60. The zero-order valence-electron chi connectivity index (χ0n) is 18.9. The number of Topliss-reactive ketones (excluding diaryl/α,β-unsaturated/α-hetero) is 1. The number of carbonyl (C=O) groups excluding carboxylic acids is 1. The minimum absolute atomic E-state index is 0.0490. The lowest BCUT2D eigenvalue weighted by atomic mass is 9.78. The van der Waals surface area contributed by atoms with E-state index in [9.17, 15) is 13.2 Å². The summed E-state index contributed by atoms with van der Waals surface area (Å²) in [6.45, 7) is 6.10. The SMILES string of the molecule is CC1(C)CC(=O)c2sc(N3CCOC[C@@H]3Cc3c[nH]c4ccc(OS(C)(=O)=O)cc34)nc2C1. The Balaban J connectivity index is 1.43. The number of anilines is 1. The van der Waals surface area contributed by atoms with Crippen LogP contribution in [-0.2, 0) is 27.7 Å². The number of morpholine rings is 1. The van der Waals surface area contributed by atoms with Crippen molar-refractivity contribution < 1.29 is 22.1 Å². The predicted octanol–water partition coefficient (Wildman–Crippen LogP) is 3.57. The van der Waals surface area contributed by atoms with Crippen LogP contribution in [0.4, 0.5) is 5.13 Å². The Morgan fingerprint density at radius 1 is 1.33 bits per heavy atom. The van der Waals surface area contributed by atoms with Gasteiger partial charge in [-0.25, -0.2) is 4.98 Å². The topological polar surface area (TPSA) is 102 Å². The average Bonchev–Trinajstić information content (AvgIpc) is 3.31. The number of fused-ring (bicyclic) bond motifs is 2. The van der Waals surface area contributed by atoms with Crippen LogP contribution < -0.4 is 9.08 Å². The third-order valence-corrected chi connectivity index (χ3v) is 7.81. The highest BCUT2D eigenvalue weighted by molar-refractivity contribution is 7.86. The van der Waals surface area contributed by atoms with Gasteiger partial charge in [-0.3, -0.25) is 4.79 Å². The van der Waals surface area contributed by atoms with E-state index in [1.807, 2.05) is 12.3 Å². The second-order valence-electron chi connectivity index (χ2n) is 9.65. The van der Waals surface area contributed by atoms with Crippen molar-refractivity contribution in [1.82, 2.24) is 9.97 Å². The molecule has 0 bridgehead atoms. The van der Waals surface area contributed by atoms with Crippen LogP contribution in [-0.4, -0.2) is 56.2 Å². The van der Waals surface area contributed by atoms with Crippen LogP contribution in [0.5, 0.6) is 5.75 Å². The molecule has 0 saturated carbocycles. The van der Waals surface area contributed by atoms with Crippen molar-refractivity contribution in [1.29, 1.82) is 0 Å². The Bertz CT molecular complexity index is 1330. The van der Waals surface area contributed by atoms with Crippen molar-refractivity contribution in [2.75, 3.05) is 30.9 Å². The molecule has 2 aliphatic rings. The van der Waals surface area contributed by atoms with Crippen LogP contribution >= 0.6 is 11.3 Å². The quantitative estimate of drug-likeness (QED) is 0.547. The highest BCUT2D eigenvalue weighted by atomic mass is 32.2. The highest BCUT2D eigenvalue weighted by Gasteiger charge is 2.36. The first-order valence-corrected chi connectivity index (χ1v) is 13.6. The molecule has 1 aromatic carbocycles. The zero-order valence-corrected chi connectivity index (χ0v) is 20.5. The first-order valence-electron chi connectivity index (χ1n) is 10.9. The van der Waals surface area contributed by atoms with Crippen LogP contribution in [0, 0.1) is 5.41 Å². The molecule has 3 heterocycles. The molecule has 33 heavy (non-hydrogen) atoms. The smallest absolute Gasteiger partial charge is 0.306 e. The molecular weight excluding hydrogens is 462 g/mol. The van der Waals surface area contributed by atoms with E-state index < -0.39 is 10.1 Å². The summed E-state index contributed by atoms with van der Waals surface area (Å²) >= 11 is 1.49. The molecule has 0 unspecified atom stereocenters. The molecular formula is C23H27N3O5S2. The summed E-state index contributed by atoms with van der Waals surface area (Å²) in [6, 6.07) is 5.25. The molecule has 2 aromatic heterocycles. The lowest BCUT2D eigenvalue weighted by molar-refractivity contribution is 0.0915. The molecule has 0 amide bonds. The lowest BCUT2D eigenvalue weighted by Crippen LogP contribution is -2.46. The molecule has 1 atom stereocenters. The largest absolute Gasteiger partial charge is 0.383 e. The fourth-order valence-corrected chi connectivity index (χ4v) is 6.28. The molecule has 0 radical (unpaired) electrons. The van der Waals surface area contributed by atoms with Crippen LogP contribution in [0.15, 0.2) is 24.4 Å². The van der Waals surface area contributed by atoms with E-state index in [0.29, 0.717) is 32.6 Å². The number of thiazole rings is 1. The van der Waals surface area contributed by atoms with Gasteiger partial charge >= 0.3 is 10.1 Å². The molecule has 1 aliphatic heterocycles. The lowest BCUT2D eigenvalue weighted by Gasteiger charge is -2.35. The van der Waals surface area contributed by atoms with Gasteiger partial charge in [0.05, 0.1) is 36.1 Å².